The SMILES string of the molecule is CS(=O)(=O)Cc1cccc(N2CCc3c(-c4cccc(O)c4)nc(N4CCOCC4)nc32)c1. The summed E-state index contributed by atoms with van der Waals surface area (Å²) in [6.07, 6.45) is 1.99. The van der Waals surface area contributed by atoms with E-state index in [4.69, 9.17) is 14.7 Å². The van der Waals surface area contributed by atoms with Crippen LogP contribution in [0.3, 0.4) is 0 Å². The topological polar surface area (TPSA) is 95.9 Å². The van der Waals surface area contributed by atoms with Gasteiger partial charge in [-0.1, -0.05) is 24.3 Å². The van der Waals surface area contributed by atoms with Gasteiger partial charge in [0.1, 0.15) is 11.6 Å². The van der Waals surface area contributed by atoms with Gasteiger partial charge in [0, 0.05) is 42.7 Å². The average molecular weight is 467 g/mol. The molecule has 0 unspecified atom stereocenters. The third-order valence-electron chi connectivity index (χ3n) is 5.88. The maximum Gasteiger partial charge on any atom is 0.228 e. The van der Waals surface area contributed by atoms with Crippen LogP contribution in [0.25, 0.3) is 11.3 Å². The van der Waals surface area contributed by atoms with Gasteiger partial charge in [-0.25, -0.2) is 13.4 Å². The lowest BCUT2D eigenvalue weighted by Crippen LogP contribution is -2.37. The number of aromatic nitrogens is 2. The van der Waals surface area contributed by atoms with Crippen molar-refractivity contribution < 1.29 is 18.3 Å². The van der Waals surface area contributed by atoms with Crippen LogP contribution < -0.4 is 9.80 Å². The highest BCUT2D eigenvalue weighted by Crippen LogP contribution is 2.40. The number of hydrogen-bond acceptors (Lipinski definition) is 8. The Hall–Kier alpha value is -3.17. The van der Waals surface area contributed by atoms with Crippen LogP contribution in [0.1, 0.15) is 11.1 Å². The summed E-state index contributed by atoms with van der Waals surface area (Å²) < 4.78 is 29.1. The minimum absolute atomic E-state index is 0.00111. The molecule has 3 heterocycles. The second kappa shape index (κ2) is 8.64. The summed E-state index contributed by atoms with van der Waals surface area (Å²) in [6, 6.07) is 14.7. The fourth-order valence-electron chi connectivity index (χ4n) is 4.41. The molecule has 1 fully saturated rings. The summed E-state index contributed by atoms with van der Waals surface area (Å²) in [5.74, 6) is 1.64. The molecule has 33 heavy (non-hydrogen) atoms. The van der Waals surface area contributed by atoms with Crippen LogP contribution in [-0.4, -0.2) is 62.6 Å². The van der Waals surface area contributed by atoms with E-state index in [1.165, 1.54) is 6.26 Å². The second-order valence-corrected chi connectivity index (χ2v) is 10.6. The van der Waals surface area contributed by atoms with Crippen LogP contribution in [-0.2, 0) is 26.7 Å². The largest absolute Gasteiger partial charge is 0.508 e. The smallest absolute Gasteiger partial charge is 0.228 e. The van der Waals surface area contributed by atoms with Crippen molar-refractivity contribution in [3.63, 3.8) is 0 Å². The Morgan fingerprint density at radius 1 is 1.03 bits per heavy atom. The number of phenols is 1. The molecule has 0 spiro atoms. The fraction of sp³-hybridized carbons (Fsp3) is 0.333. The van der Waals surface area contributed by atoms with E-state index in [2.05, 4.69) is 9.80 Å². The molecule has 0 radical (unpaired) electrons. The van der Waals surface area contributed by atoms with Gasteiger partial charge >= 0.3 is 0 Å². The van der Waals surface area contributed by atoms with Crippen LogP contribution in [0.5, 0.6) is 5.75 Å². The Kier molecular flexibility index (Phi) is 5.67. The molecule has 172 valence electrons. The maximum absolute atomic E-state index is 11.8. The number of phenolic OH excluding ortho intramolecular Hbond substituents is 1. The molecule has 1 aromatic heterocycles. The Balaban J connectivity index is 1.61. The van der Waals surface area contributed by atoms with E-state index in [9.17, 15) is 13.5 Å². The number of benzene rings is 2. The van der Waals surface area contributed by atoms with E-state index in [0.717, 1.165) is 40.3 Å². The zero-order valence-corrected chi connectivity index (χ0v) is 19.3. The Morgan fingerprint density at radius 3 is 2.58 bits per heavy atom. The Morgan fingerprint density at radius 2 is 1.82 bits per heavy atom. The molecule has 2 aliphatic heterocycles. The van der Waals surface area contributed by atoms with Gasteiger partial charge in [-0.05, 0) is 36.2 Å². The van der Waals surface area contributed by atoms with Crippen molar-refractivity contribution in [3.05, 3.63) is 59.7 Å². The van der Waals surface area contributed by atoms with Crippen LogP contribution in [0.2, 0.25) is 0 Å². The highest BCUT2D eigenvalue weighted by atomic mass is 32.2. The summed E-state index contributed by atoms with van der Waals surface area (Å²) >= 11 is 0. The lowest BCUT2D eigenvalue weighted by atomic mass is 10.1. The minimum Gasteiger partial charge on any atom is -0.508 e. The normalized spacial score (nSPS) is 16.2. The van der Waals surface area contributed by atoms with Gasteiger partial charge in [-0.15, -0.1) is 0 Å². The lowest BCUT2D eigenvalue weighted by Gasteiger charge is -2.28. The number of sulfone groups is 1. The van der Waals surface area contributed by atoms with Crippen LogP contribution in [0.15, 0.2) is 48.5 Å². The lowest BCUT2D eigenvalue weighted by molar-refractivity contribution is 0.122. The average Bonchev–Trinajstić information content (AvgIpc) is 3.22. The number of ether oxygens (including phenoxy) is 1. The monoisotopic (exact) mass is 466 g/mol. The molecule has 8 nitrogen and oxygen atoms in total. The van der Waals surface area contributed by atoms with E-state index in [-0.39, 0.29) is 11.5 Å². The summed E-state index contributed by atoms with van der Waals surface area (Å²) in [5.41, 5.74) is 4.33. The number of aromatic hydroxyl groups is 1. The Bertz CT molecular complexity index is 1290. The van der Waals surface area contributed by atoms with Gasteiger partial charge in [0.05, 0.1) is 24.7 Å². The molecule has 1 saturated heterocycles. The van der Waals surface area contributed by atoms with Gasteiger partial charge in [-0.2, -0.15) is 4.98 Å². The van der Waals surface area contributed by atoms with Crippen molar-refractivity contribution in [2.45, 2.75) is 12.2 Å². The molecule has 1 N–H and O–H groups in total. The fourth-order valence-corrected chi connectivity index (χ4v) is 5.19. The molecular weight excluding hydrogens is 440 g/mol. The molecule has 0 aliphatic carbocycles. The van der Waals surface area contributed by atoms with Crippen molar-refractivity contribution in [3.8, 4) is 17.0 Å². The molecule has 5 rings (SSSR count). The third-order valence-corrected chi connectivity index (χ3v) is 6.74. The van der Waals surface area contributed by atoms with Gasteiger partial charge in [-0.3, -0.25) is 0 Å². The summed E-state index contributed by atoms with van der Waals surface area (Å²) in [7, 11) is -3.13. The first-order chi connectivity index (χ1) is 15.9. The molecule has 3 aromatic rings. The van der Waals surface area contributed by atoms with Crippen molar-refractivity contribution in [1.29, 1.82) is 0 Å². The summed E-state index contributed by atoms with van der Waals surface area (Å²) in [4.78, 5) is 14.1. The first-order valence-electron chi connectivity index (χ1n) is 10.9. The molecule has 0 amide bonds. The van der Waals surface area contributed by atoms with Crippen LogP contribution in [0, 0.1) is 0 Å². The highest BCUT2D eigenvalue weighted by molar-refractivity contribution is 7.89. The molecule has 0 bridgehead atoms. The van der Waals surface area contributed by atoms with Crippen molar-refractivity contribution in [1.82, 2.24) is 9.97 Å². The standard InChI is InChI=1S/C24H26N4O4S/c1-33(30,31)16-17-4-2-6-19(14-17)28-9-8-21-22(18-5-3-7-20(29)15-18)25-24(26-23(21)28)27-10-12-32-13-11-27/h2-7,14-15,29H,8-13,16H2,1H3. The number of rotatable bonds is 5. The van der Waals surface area contributed by atoms with Crippen molar-refractivity contribution >= 4 is 27.3 Å². The van der Waals surface area contributed by atoms with Crippen LogP contribution in [0.4, 0.5) is 17.5 Å². The van der Waals surface area contributed by atoms with Gasteiger partial charge in [0.2, 0.25) is 5.95 Å². The molecule has 9 heteroatoms. The number of anilines is 3. The predicted molar refractivity (Wildman–Crippen MR) is 128 cm³/mol. The summed E-state index contributed by atoms with van der Waals surface area (Å²) in [6.45, 7) is 3.38. The van der Waals surface area contributed by atoms with Crippen molar-refractivity contribution in [2.24, 2.45) is 0 Å². The Labute approximate surface area is 193 Å². The van der Waals surface area contributed by atoms with E-state index in [1.807, 2.05) is 36.4 Å². The van der Waals surface area contributed by atoms with Gasteiger partial charge in [0.25, 0.3) is 0 Å². The zero-order valence-electron chi connectivity index (χ0n) is 18.4. The third kappa shape index (κ3) is 4.65. The molecule has 2 aromatic carbocycles. The predicted octanol–water partition coefficient (Wildman–Crippen LogP) is 2.92. The first-order valence-corrected chi connectivity index (χ1v) is 13.0. The van der Waals surface area contributed by atoms with E-state index in [0.29, 0.717) is 38.8 Å². The molecule has 2 aliphatic rings. The number of fused-ring (bicyclic) bond motifs is 1. The van der Waals surface area contributed by atoms with Gasteiger partial charge < -0.3 is 19.6 Å². The number of morpholine rings is 1. The molecule has 0 saturated carbocycles. The molecule has 0 atom stereocenters. The van der Waals surface area contributed by atoms with Crippen molar-refractivity contribution in [2.75, 3.05) is 48.9 Å². The summed E-state index contributed by atoms with van der Waals surface area (Å²) in [5, 5.41) is 10.1. The van der Waals surface area contributed by atoms with E-state index in [1.54, 1.807) is 12.1 Å². The zero-order chi connectivity index (χ0) is 23.0. The number of nitrogens with zero attached hydrogens (tertiary/aromatic N) is 4. The number of hydrogen-bond donors (Lipinski definition) is 1. The van der Waals surface area contributed by atoms with E-state index < -0.39 is 9.84 Å². The first kappa shape index (κ1) is 21.7. The highest BCUT2D eigenvalue weighted by Gasteiger charge is 2.29. The van der Waals surface area contributed by atoms with Gasteiger partial charge in [0.15, 0.2) is 9.84 Å². The second-order valence-electron chi connectivity index (χ2n) is 8.47. The minimum atomic E-state index is -3.13. The quantitative estimate of drug-likeness (QED) is 0.613. The van der Waals surface area contributed by atoms with Crippen LogP contribution >= 0.6 is 0 Å². The molecular formula is C24H26N4O4S. The van der Waals surface area contributed by atoms with E-state index >= 15 is 0 Å². The maximum atomic E-state index is 11.8.